The van der Waals surface area contributed by atoms with Crippen LogP contribution in [0.25, 0.3) is 21.8 Å². The van der Waals surface area contributed by atoms with Gasteiger partial charge in [-0.15, -0.1) is 0 Å². The number of anilines is 1. The molecule has 1 aliphatic heterocycles. The first-order chi connectivity index (χ1) is 30.0. The first-order valence-electron chi connectivity index (χ1n) is 20.9. The highest BCUT2D eigenvalue weighted by Crippen LogP contribution is 2.38. The number of fused-ring (bicyclic) bond motifs is 2. The number of carbonyl (C=O) groups excluding carboxylic acids is 5. The van der Waals surface area contributed by atoms with Gasteiger partial charge < -0.3 is 58.9 Å². The number of nitro benzene ring substituents is 1. The van der Waals surface area contributed by atoms with Gasteiger partial charge in [0, 0.05) is 37.5 Å². The number of amides is 5. The second-order valence-corrected chi connectivity index (χ2v) is 15.4. The van der Waals surface area contributed by atoms with Gasteiger partial charge in [0.2, 0.25) is 29.5 Å². The fourth-order valence-corrected chi connectivity index (χ4v) is 7.42. The number of nitrogens with one attached hydrogen (secondary N) is 5. The number of guanidine groups is 1. The lowest BCUT2D eigenvalue weighted by Gasteiger charge is -2.31. The molecule has 2 heterocycles. The van der Waals surface area contributed by atoms with Crippen LogP contribution in [-0.4, -0.2) is 129 Å². The molecule has 3 aromatic rings. The number of unbranched alkanes of at least 4 members (excludes halogenated alkanes) is 1. The van der Waals surface area contributed by atoms with Crippen LogP contribution < -0.4 is 43.8 Å². The van der Waals surface area contributed by atoms with Gasteiger partial charge in [-0.25, -0.2) is 9.78 Å². The fourth-order valence-electron chi connectivity index (χ4n) is 7.42. The summed E-state index contributed by atoms with van der Waals surface area (Å²) in [5, 5.41) is 47.3. The van der Waals surface area contributed by atoms with Crippen LogP contribution in [0.2, 0.25) is 0 Å². The second-order valence-electron chi connectivity index (χ2n) is 15.4. The van der Waals surface area contributed by atoms with Crippen LogP contribution in [0.5, 0.6) is 0 Å². The number of pyridine rings is 1. The number of para-hydroxylation sites is 1. The number of aliphatic imine (C=N–C) groups is 1. The maximum Gasteiger partial charge on any atom is 0.326 e. The summed E-state index contributed by atoms with van der Waals surface area (Å²) in [6.45, 7) is 3.93. The van der Waals surface area contributed by atoms with E-state index in [2.05, 4.69) is 36.6 Å². The Balaban J connectivity index is 1.43. The van der Waals surface area contributed by atoms with Crippen molar-refractivity contribution in [2.75, 3.05) is 38.0 Å². The number of benzene rings is 2. The number of aromatic nitrogens is 1. The average Bonchev–Trinajstić information content (AvgIpc) is 3.73. The third-order valence-corrected chi connectivity index (χ3v) is 10.6. The molecule has 0 saturated carbocycles. The summed E-state index contributed by atoms with van der Waals surface area (Å²) in [6, 6.07) is 5.25. The number of rotatable bonds is 25. The number of aryl methyl sites for hydroxylation is 1. The van der Waals surface area contributed by atoms with Gasteiger partial charge >= 0.3 is 5.97 Å². The Labute approximate surface area is 363 Å². The van der Waals surface area contributed by atoms with E-state index in [1.165, 1.54) is 17.9 Å². The molecule has 1 fully saturated rings. The molecular weight excluding hydrogens is 821 g/mol. The van der Waals surface area contributed by atoms with Crippen LogP contribution in [0.4, 0.5) is 11.4 Å². The molecule has 0 radical (unpaired) electrons. The number of non-ortho nitro benzene ring substituents is 1. The molecule has 1 saturated heterocycles. The molecule has 2 aromatic carbocycles. The van der Waals surface area contributed by atoms with E-state index in [0.717, 1.165) is 5.56 Å². The van der Waals surface area contributed by atoms with Crippen LogP contribution in [0.15, 0.2) is 41.4 Å². The number of aliphatic hydroxyl groups is 1. The number of carboxylic acid groups (broad SMARTS) is 1. The van der Waals surface area contributed by atoms with Crippen LogP contribution in [0.3, 0.4) is 0 Å². The molecule has 342 valence electrons. The van der Waals surface area contributed by atoms with Crippen molar-refractivity contribution in [2.24, 2.45) is 22.2 Å². The Kier molecular flexibility index (Phi) is 18.3. The van der Waals surface area contributed by atoms with Crippen LogP contribution in [0.1, 0.15) is 70.3 Å². The number of hydrogen-bond acceptors (Lipinski definition) is 13. The van der Waals surface area contributed by atoms with Crippen molar-refractivity contribution in [2.45, 2.75) is 102 Å². The van der Waals surface area contributed by atoms with E-state index in [1.54, 1.807) is 24.3 Å². The van der Waals surface area contributed by atoms with Crippen molar-refractivity contribution in [1.82, 2.24) is 31.2 Å². The van der Waals surface area contributed by atoms with Crippen LogP contribution in [-0.2, 0) is 28.8 Å². The van der Waals surface area contributed by atoms with E-state index >= 15 is 0 Å². The number of aliphatic carboxylic acids is 1. The quantitative estimate of drug-likeness (QED) is 0.0134. The maximum atomic E-state index is 14.1. The summed E-state index contributed by atoms with van der Waals surface area (Å²) in [7, 11) is 0. The summed E-state index contributed by atoms with van der Waals surface area (Å²) < 4.78 is 0. The Morgan fingerprint density at radius 1 is 0.968 bits per heavy atom. The Bertz CT molecular complexity index is 2180. The highest BCUT2D eigenvalue weighted by molar-refractivity contribution is 6.12. The van der Waals surface area contributed by atoms with Gasteiger partial charge in [0.05, 0.1) is 34.3 Å². The number of primary amides is 1. The first kappa shape index (κ1) is 49.0. The lowest BCUT2D eigenvalue weighted by molar-refractivity contribution is -0.383. The zero-order chi connectivity index (χ0) is 46.2. The van der Waals surface area contributed by atoms with E-state index < -0.39 is 70.7 Å². The minimum Gasteiger partial charge on any atom is -0.480 e. The summed E-state index contributed by atoms with van der Waals surface area (Å²) in [5.74, 6) is -4.72. The molecule has 4 rings (SSSR count). The molecule has 13 N–H and O–H groups in total. The monoisotopic (exact) mass is 878 g/mol. The molecule has 5 atom stereocenters. The number of likely N-dealkylation sites (tertiary alicyclic amines) is 1. The molecule has 5 amide bonds. The Morgan fingerprint density at radius 3 is 2.38 bits per heavy atom. The Morgan fingerprint density at radius 2 is 1.70 bits per heavy atom. The van der Waals surface area contributed by atoms with Gasteiger partial charge in [-0.1, -0.05) is 24.3 Å². The van der Waals surface area contributed by atoms with Gasteiger partial charge in [-0.3, -0.25) is 39.1 Å². The third kappa shape index (κ3) is 13.9. The number of aliphatic hydroxyl groups excluding tert-OH is 1. The molecule has 22 heteroatoms. The van der Waals surface area contributed by atoms with Crippen molar-refractivity contribution in [1.29, 1.82) is 0 Å². The number of hydrogen-bond donors (Lipinski definition) is 10. The largest absolute Gasteiger partial charge is 0.480 e. The number of nitrogens with zero attached hydrogens (tertiary/aromatic N) is 4. The summed E-state index contributed by atoms with van der Waals surface area (Å²) in [5.41, 5.74) is 18.1. The standard InChI is InChI=1S/C41H58N12O10/c1-23-16-17-29(53(62)63)33-34(23)48-26-11-4-3-10-25(26)36(33)46-19-8-15-32(56)51-35(24(2)54)38(58)49-27(12-5-6-18-45-22-31(42)55)39(59)52-21-9-14-30(52)37(57)50-28(40(60)61)13-7-20-47-41(43)44/h3-4,10-11,16-17,24,27-28,30,35,45,54H,5-9,12-15,18-22H2,1-2H3,(H2,42,55)(H,46,48)(H,49,58)(H,50,57)(H,51,56)(H,60,61)(H4,43,44,47)/t24-,27+,28+,30+,35+/m1/s1. The molecule has 22 nitrogen and oxygen atoms in total. The Hall–Kier alpha value is -6.68. The van der Waals surface area contributed by atoms with E-state index in [-0.39, 0.29) is 76.4 Å². The summed E-state index contributed by atoms with van der Waals surface area (Å²) in [6.07, 6.45) is 0.581. The minimum atomic E-state index is -1.48. The van der Waals surface area contributed by atoms with Crippen molar-refractivity contribution in [3.05, 3.63) is 52.1 Å². The predicted octanol–water partition coefficient (Wildman–Crippen LogP) is 0.00632. The predicted molar refractivity (Wildman–Crippen MR) is 234 cm³/mol. The molecule has 1 aromatic heterocycles. The zero-order valence-corrected chi connectivity index (χ0v) is 35.4. The lowest BCUT2D eigenvalue weighted by Crippen LogP contribution is -2.59. The van der Waals surface area contributed by atoms with E-state index in [9.17, 15) is 49.1 Å². The third-order valence-electron chi connectivity index (χ3n) is 10.6. The zero-order valence-electron chi connectivity index (χ0n) is 35.4. The second kappa shape index (κ2) is 23.5. The van der Waals surface area contributed by atoms with Gasteiger partial charge in [0.15, 0.2) is 5.96 Å². The SMILES string of the molecule is Cc1ccc([N+](=O)[O-])c2c(NCCCC(=O)N[C@H](C(=O)N[C@@H](CCCCNCC(N)=O)C(=O)N3CCC[C@H]3C(=O)N[C@@H](CCCN=C(N)N)C(=O)O)[C@@H](C)O)c3ccccc3nc12. The minimum absolute atomic E-state index is 0.0214. The molecule has 63 heavy (non-hydrogen) atoms. The number of nitro groups is 1. The van der Waals surface area contributed by atoms with Crippen LogP contribution >= 0.6 is 0 Å². The lowest BCUT2D eigenvalue weighted by atomic mass is 10.0. The topological polar surface area (TPSA) is 353 Å². The molecule has 1 aliphatic rings. The van der Waals surface area contributed by atoms with Gasteiger partial charge in [0.1, 0.15) is 29.6 Å². The fraction of sp³-hybridized carbons (Fsp3) is 0.512. The van der Waals surface area contributed by atoms with E-state index in [4.69, 9.17) is 17.2 Å². The number of carboxylic acids is 1. The molecule has 0 aliphatic carbocycles. The highest BCUT2D eigenvalue weighted by atomic mass is 16.6. The summed E-state index contributed by atoms with van der Waals surface area (Å²) >= 11 is 0. The van der Waals surface area contributed by atoms with Crippen molar-refractivity contribution in [3.63, 3.8) is 0 Å². The smallest absolute Gasteiger partial charge is 0.326 e. The van der Waals surface area contributed by atoms with Gasteiger partial charge in [0.25, 0.3) is 5.69 Å². The number of carbonyl (C=O) groups is 6. The maximum absolute atomic E-state index is 14.1. The highest BCUT2D eigenvalue weighted by Gasteiger charge is 2.39. The van der Waals surface area contributed by atoms with Crippen molar-refractivity contribution in [3.8, 4) is 0 Å². The molecular formula is C41H58N12O10. The molecule has 0 bridgehead atoms. The van der Waals surface area contributed by atoms with Crippen molar-refractivity contribution < 1.29 is 43.9 Å². The first-order valence-corrected chi connectivity index (χ1v) is 20.9. The van der Waals surface area contributed by atoms with Crippen molar-refractivity contribution >= 4 is 74.6 Å². The normalized spacial score (nSPS) is 15.5. The van der Waals surface area contributed by atoms with E-state index in [1.807, 2.05) is 13.0 Å². The van der Waals surface area contributed by atoms with Gasteiger partial charge in [-0.05, 0) is 83.4 Å². The van der Waals surface area contributed by atoms with E-state index in [0.29, 0.717) is 53.3 Å². The van der Waals surface area contributed by atoms with Crippen LogP contribution in [0, 0.1) is 17.0 Å². The number of nitrogens with two attached hydrogens (primary N) is 3. The molecule has 0 unspecified atom stereocenters. The molecule has 0 spiro atoms. The average molecular weight is 879 g/mol. The summed E-state index contributed by atoms with van der Waals surface area (Å²) in [4.78, 5) is 99.1. The van der Waals surface area contributed by atoms with Gasteiger partial charge in [-0.2, -0.15) is 0 Å².